The fourth-order valence-electron chi connectivity index (χ4n) is 0.730. The highest BCUT2D eigenvalue weighted by atomic mass is 16.5. The molecule has 1 aromatic heterocycles. The molecule has 0 aliphatic rings. The number of rotatable bonds is 1. The third-order valence-corrected chi connectivity index (χ3v) is 1.31. The summed E-state index contributed by atoms with van der Waals surface area (Å²) in [6.45, 7) is 1.73. The van der Waals surface area contributed by atoms with Crippen LogP contribution in [0.3, 0.4) is 0 Å². The Hall–Kier alpha value is -1.25. The molecule has 0 fully saturated rings. The summed E-state index contributed by atoms with van der Waals surface area (Å²) in [7, 11) is 1.48. The number of pyridine rings is 1. The fraction of sp³-hybridized carbons (Fsp3) is 0.286. The first kappa shape index (κ1) is 6.86. The van der Waals surface area contributed by atoms with E-state index in [9.17, 15) is 5.21 Å². The van der Waals surface area contributed by atoms with Gasteiger partial charge in [0, 0.05) is 13.0 Å². The highest BCUT2D eigenvalue weighted by Crippen LogP contribution is 2.01. The summed E-state index contributed by atoms with van der Waals surface area (Å²) in [5.41, 5.74) is 0.638. The average molecular weight is 139 g/mol. The van der Waals surface area contributed by atoms with Gasteiger partial charge in [-0.1, -0.05) is 0 Å². The first-order chi connectivity index (χ1) is 4.75. The van der Waals surface area contributed by atoms with Crippen LogP contribution in [0.25, 0.3) is 0 Å². The highest BCUT2D eigenvalue weighted by molar-refractivity contribution is 5.06. The van der Waals surface area contributed by atoms with Crippen LogP contribution in [-0.2, 0) is 0 Å². The van der Waals surface area contributed by atoms with Crippen molar-refractivity contribution in [3.05, 3.63) is 29.1 Å². The normalized spacial score (nSPS) is 9.40. The summed E-state index contributed by atoms with van der Waals surface area (Å²) in [6, 6.07) is 5.14. The van der Waals surface area contributed by atoms with Gasteiger partial charge in [0.25, 0.3) is 0 Å². The van der Waals surface area contributed by atoms with Crippen LogP contribution in [0, 0.1) is 12.1 Å². The molecule has 0 aliphatic heterocycles. The standard InChI is InChI=1S/C7H9NO2/c1-6-4-3-5-7(10-2)8(6)9/h3-5H,1-2H3. The first-order valence-corrected chi connectivity index (χ1v) is 2.99. The molecule has 1 rings (SSSR count). The minimum atomic E-state index is 0.333. The number of hydrogen-bond acceptors (Lipinski definition) is 2. The number of methoxy groups -OCH3 is 1. The van der Waals surface area contributed by atoms with Crippen LogP contribution >= 0.6 is 0 Å². The van der Waals surface area contributed by atoms with Crippen LogP contribution in [-0.4, -0.2) is 7.11 Å². The summed E-state index contributed by atoms with van der Waals surface area (Å²) in [4.78, 5) is 0. The Morgan fingerprint density at radius 2 is 2.20 bits per heavy atom. The molecule has 10 heavy (non-hydrogen) atoms. The molecule has 0 saturated heterocycles. The van der Waals surface area contributed by atoms with E-state index in [0.29, 0.717) is 11.6 Å². The van der Waals surface area contributed by atoms with E-state index in [1.54, 1.807) is 25.1 Å². The van der Waals surface area contributed by atoms with Crippen LogP contribution in [0.1, 0.15) is 5.69 Å². The SMILES string of the molecule is COc1cccc(C)[n+]1[O-]. The molecule has 3 heteroatoms. The molecule has 0 N–H and O–H groups in total. The number of ether oxygens (including phenoxy) is 1. The van der Waals surface area contributed by atoms with Gasteiger partial charge in [0.15, 0.2) is 5.69 Å². The molecular formula is C7H9NO2. The number of nitrogens with zero attached hydrogens (tertiary/aromatic N) is 1. The van der Waals surface area contributed by atoms with Crippen LogP contribution in [0.2, 0.25) is 0 Å². The van der Waals surface area contributed by atoms with Gasteiger partial charge in [-0.15, -0.1) is 4.73 Å². The maximum Gasteiger partial charge on any atom is 0.379 e. The van der Waals surface area contributed by atoms with Gasteiger partial charge in [-0.3, -0.25) is 0 Å². The molecule has 0 unspecified atom stereocenters. The van der Waals surface area contributed by atoms with Crippen LogP contribution < -0.4 is 9.47 Å². The molecule has 0 radical (unpaired) electrons. The van der Waals surface area contributed by atoms with Gasteiger partial charge < -0.3 is 9.94 Å². The monoisotopic (exact) mass is 139 g/mol. The second-order valence-electron chi connectivity index (χ2n) is 2.00. The molecule has 0 amide bonds. The smallest absolute Gasteiger partial charge is 0.379 e. The van der Waals surface area contributed by atoms with Gasteiger partial charge in [0.05, 0.1) is 13.2 Å². The van der Waals surface area contributed by atoms with Crippen LogP contribution in [0.5, 0.6) is 5.88 Å². The molecule has 1 aromatic rings. The van der Waals surface area contributed by atoms with Crippen molar-refractivity contribution in [1.82, 2.24) is 0 Å². The van der Waals surface area contributed by atoms with Crippen LogP contribution in [0.4, 0.5) is 0 Å². The molecule has 0 bridgehead atoms. The van der Waals surface area contributed by atoms with Crippen molar-refractivity contribution in [3.8, 4) is 5.88 Å². The van der Waals surface area contributed by atoms with E-state index >= 15 is 0 Å². The first-order valence-electron chi connectivity index (χ1n) is 2.99. The Kier molecular flexibility index (Phi) is 1.76. The average Bonchev–Trinajstić information content (AvgIpc) is 1.95. The van der Waals surface area contributed by atoms with Crippen molar-refractivity contribution >= 4 is 0 Å². The minimum Gasteiger partial charge on any atom is -0.616 e. The maximum atomic E-state index is 11.0. The molecule has 0 aliphatic carbocycles. The van der Waals surface area contributed by atoms with E-state index in [0.717, 1.165) is 4.73 Å². The van der Waals surface area contributed by atoms with Crippen molar-refractivity contribution < 1.29 is 9.47 Å². The zero-order valence-electron chi connectivity index (χ0n) is 6.00. The van der Waals surface area contributed by atoms with E-state index in [4.69, 9.17) is 4.74 Å². The Morgan fingerprint density at radius 3 is 2.70 bits per heavy atom. The molecular weight excluding hydrogens is 130 g/mol. The van der Waals surface area contributed by atoms with Crippen molar-refractivity contribution in [2.75, 3.05) is 7.11 Å². The van der Waals surface area contributed by atoms with Crippen molar-refractivity contribution in [2.45, 2.75) is 6.92 Å². The predicted molar refractivity (Wildman–Crippen MR) is 36.7 cm³/mol. The zero-order valence-corrected chi connectivity index (χ0v) is 6.00. The lowest BCUT2D eigenvalue weighted by molar-refractivity contribution is -0.618. The molecule has 1 heterocycles. The van der Waals surface area contributed by atoms with Gasteiger partial charge in [0.2, 0.25) is 0 Å². The Balaban J connectivity index is 3.14. The van der Waals surface area contributed by atoms with Gasteiger partial charge in [-0.05, 0) is 6.07 Å². The third-order valence-electron chi connectivity index (χ3n) is 1.31. The molecule has 0 aromatic carbocycles. The summed E-state index contributed by atoms with van der Waals surface area (Å²) in [5.74, 6) is 0.333. The van der Waals surface area contributed by atoms with Gasteiger partial charge >= 0.3 is 5.88 Å². The Morgan fingerprint density at radius 1 is 1.50 bits per heavy atom. The lowest BCUT2D eigenvalue weighted by Gasteiger charge is -2.03. The number of aryl methyl sites for hydroxylation is 1. The largest absolute Gasteiger partial charge is 0.616 e. The topological polar surface area (TPSA) is 36.2 Å². The fourth-order valence-corrected chi connectivity index (χ4v) is 0.730. The quantitative estimate of drug-likeness (QED) is 0.422. The molecule has 0 atom stereocenters. The van der Waals surface area contributed by atoms with Crippen molar-refractivity contribution in [1.29, 1.82) is 0 Å². The molecule has 0 spiro atoms. The summed E-state index contributed by atoms with van der Waals surface area (Å²) in [6.07, 6.45) is 0. The summed E-state index contributed by atoms with van der Waals surface area (Å²) in [5, 5.41) is 11.0. The molecule has 3 nitrogen and oxygen atoms in total. The Bertz CT molecular complexity index is 235. The number of aromatic nitrogens is 1. The van der Waals surface area contributed by atoms with Gasteiger partial charge in [-0.2, -0.15) is 0 Å². The van der Waals surface area contributed by atoms with Crippen LogP contribution in [0.15, 0.2) is 18.2 Å². The summed E-state index contributed by atoms with van der Waals surface area (Å²) < 4.78 is 5.53. The van der Waals surface area contributed by atoms with E-state index in [1.165, 1.54) is 7.11 Å². The minimum absolute atomic E-state index is 0.333. The second kappa shape index (κ2) is 2.56. The highest BCUT2D eigenvalue weighted by Gasteiger charge is 2.04. The van der Waals surface area contributed by atoms with E-state index in [2.05, 4.69) is 0 Å². The lowest BCUT2D eigenvalue weighted by Crippen LogP contribution is -2.31. The van der Waals surface area contributed by atoms with Gasteiger partial charge in [0.1, 0.15) is 0 Å². The third kappa shape index (κ3) is 1.03. The molecule has 0 saturated carbocycles. The second-order valence-corrected chi connectivity index (χ2v) is 2.00. The van der Waals surface area contributed by atoms with E-state index in [1.807, 2.05) is 0 Å². The van der Waals surface area contributed by atoms with Crippen molar-refractivity contribution in [2.24, 2.45) is 0 Å². The van der Waals surface area contributed by atoms with E-state index < -0.39 is 0 Å². The van der Waals surface area contributed by atoms with E-state index in [-0.39, 0.29) is 0 Å². The predicted octanol–water partition coefficient (Wildman–Crippen LogP) is 0.637. The number of hydrogen-bond donors (Lipinski definition) is 0. The lowest BCUT2D eigenvalue weighted by atomic mass is 10.4. The zero-order chi connectivity index (χ0) is 7.56. The Labute approximate surface area is 59.5 Å². The molecule has 54 valence electrons. The van der Waals surface area contributed by atoms with Gasteiger partial charge in [-0.25, -0.2) is 0 Å². The maximum absolute atomic E-state index is 11.0. The summed E-state index contributed by atoms with van der Waals surface area (Å²) >= 11 is 0. The van der Waals surface area contributed by atoms with Crippen molar-refractivity contribution in [3.63, 3.8) is 0 Å².